The predicted molar refractivity (Wildman–Crippen MR) is 175 cm³/mol. The molecule has 2 fully saturated rings. The van der Waals surface area contributed by atoms with Crippen LogP contribution < -0.4 is 10.8 Å². The molecule has 2 heterocycles. The number of rotatable bonds is 12. The van der Waals surface area contributed by atoms with Gasteiger partial charge in [-0.3, -0.25) is 14.8 Å². The molecule has 2 aliphatic heterocycles. The fourth-order valence-electron chi connectivity index (χ4n) is 6.30. The Morgan fingerprint density at radius 1 is 0.783 bits per heavy atom. The quantitative estimate of drug-likeness (QED) is 0.144. The first-order valence-corrected chi connectivity index (χ1v) is 16.6. The second-order valence-corrected chi connectivity index (χ2v) is 12.4. The van der Waals surface area contributed by atoms with E-state index in [1.165, 1.54) is 32.1 Å². The third-order valence-corrected chi connectivity index (χ3v) is 8.87. The SMILES string of the molecule is O=C(CCCC(=O)NCc1cccc(-c2cccc([C@H]3O[C@@H](CN4CCCCCCC4)C[C@@H](c4ccc(CO)cc4)O3)c2)c1)NO. The van der Waals surface area contributed by atoms with E-state index >= 15 is 0 Å². The van der Waals surface area contributed by atoms with E-state index in [1.807, 2.05) is 30.3 Å². The number of carbonyl (C=O) groups is 2. The summed E-state index contributed by atoms with van der Waals surface area (Å²) in [6.45, 7) is 3.49. The Morgan fingerprint density at radius 2 is 1.48 bits per heavy atom. The van der Waals surface area contributed by atoms with E-state index in [1.54, 1.807) is 5.48 Å². The van der Waals surface area contributed by atoms with Gasteiger partial charge >= 0.3 is 0 Å². The maximum absolute atomic E-state index is 12.3. The largest absolute Gasteiger partial charge is 0.392 e. The fourth-order valence-corrected chi connectivity index (χ4v) is 6.30. The molecule has 0 aromatic heterocycles. The van der Waals surface area contributed by atoms with Crippen molar-refractivity contribution in [2.45, 2.75) is 89.4 Å². The highest BCUT2D eigenvalue weighted by Crippen LogP contribution is 2.39. The zero-order valence-corrected chi connectivity index (χ0v) is 26.5. The summed E-state index contributed by atoms with van der Waals surface area (Å²) in [6, 6.07) is 24.4. The van der Waals surface area contributed by atoms with Crippen molar-refractivity contribution in [3.63, 3.8) is 0 Å². The lowest BCUT2D eigenvalue weighted by Gasteiger charge is -2.39. The third-order valence-electron chi connectivity index (χ3n) is 8.87. The Balaban J connectivity index is 1.29. The normalized spacial score (nSPS) is 20.8. The number of aliphatic hydroxyl groups excluding tert-OH is 1. The number of hydrogen-bond acceptors (Lipinski definition) is 7. The van der Waals surface area contributed by atoms with Crippen molar-refractivity contribution in [1.82, 2.24) is 15.7 Å². The number of ether oxygens (including phenoxy) is 2. The molecule has 9 heteroatoms. The number of aliphatic hydroxyl groups is 1. The first kappa shape index (κ1) is 33.8. The number of amides is 2. The molecule has 9 nitrogen and oxygen atoms in total. The molecular weight excluding hydrogens is 582 g/mol. The molecule has 246 valence electrons. The van der Waals surface area contributed by atoms with Crippen LogP contribution in [-0.2, 0) is 32.2 Å². The lowest BCUT2D eigenvalue weighted by molar-refractivity contribution is -0.253. The summed E-state index contributed by atoms with van der Waals surface area (Å²) in [7, 11) is 0. The standard InChI is InChI=1S/C37H47N3O6/c41-26-27-15-17-29(18-16-27)34-23-33(25-40-19-4-2-1-3-5-20-40)45-37(46-34)32-12-7-11-31(22-32)30-10-6-9-28(21-30)24-38-35(42)13-8-14-36(43)39-44/h6-7,9-12,15-18,21-22,33-34,37,41,44H,1-5,8,13-14,19-20,23-26H2,(H,38,42)(H,39,43)/t33-,34+,37+/m1/s1. The molecule has 2 saturated heterocycles. The molecule has 4 N–H and O–H groups in total. The number of carbonyl (C=O) groups excluding carboxylic acids is 2. The van der Waals surface area contributed by atoms with Gasteiger partial charge in [0.2, 0.25) is 11.8 Å². The van der Waals surface area contributed by atoms with E-state index in [2.05, 4.69) is 52.7 Å². The molecule has 3 aromatic rings. The maximum Gasteiger partial charge on any atom is 0.243 e. The minimum Gasteiger partial charge on any atom is -0.392 e. The van der Waals surface area contributed by atoms with Gasteiger partial charge in [-0.05, 0) is 72.3 Å². The van der Waals surface area contributed by atoms with Crippen LogP contribution in [0.5, 0.6) is 0 Å². The van der Waals surface area contributed by atoms with Crippen LogP contribution in [0.25, 0.3) is 11.1 Å². The summed E-state index contributed by atoms with van der Waals surface area (Å²) >= 11 is 0. The lowest BCUT2D eigenvalue weighted by atomic mass is 9.98. The lowest BCUT2D eigenvalue weighted by Crippen LogP contribution is -2.40. The highest BCUT2D eigenvalue weighted by Gasteiger charge is 2.33. The molecule has 46 heavy (non-hydrogen) atoms. The highest BCUT2D eigenvalue weighted by molar-refractivity contribution is 5.78. The second-order valence-electron chi connectivity index (χ2n) is 12.4. The summed E-state index contributed by atoms with van der Waals surface area (Å²) in [5.41, 5.74) is 7.53. The molecular formula is C37H47N3O6. The number of hydroxylamine groups is 1. The second kappa shape index (κ2) is 17.4. The summed E-state index contributed by atoms with van der Waals surface area (Å²) in [5.74, 6) is -0.641. The fraction of sp³-hybridized carbons (Fsp3) is 0.459. The first-order chi connectivity index (χ1) is 22.5. The van der Waals surface area contributed by atoms with E-state index in [9.17, 15) is 14.7 Å². The Labute approximate surface area is 271 Å². The van der Waals surface area contributed by atoms with Gasteiger partial charge in [-0.1, -0.05) is 79.9 Å². The van der Waals surface area contributed by atoms with Crippen LogP contribution in [0.4, 0.5) is 0 Å². The average molecular weight is 630 g/mol. The van der Waals surface area contributed by atoms with Gasteiger partial charge in [0.1, 0.15) is 0 Å². The van der Waals surface area contributed by atoms with Crippen LogP contribution in [0.1, 0.15) is 92.4 Å². The molecule has 3 atom stereocenters. The Hall–Kier alpha value is -3.60. The molecule has 2 aliphatic rings. The summed E-state index contributed by atoms with van der Waals surface area (Å²) in [4.78, 5) is 26.0. The number of nitrogens with zero attached hydrogens (tertiary/aromatic N) is 1. The van der Waals surface area contributed by atoms with Crippen LogP contribution in [0.2, 0.25) is 0 Å². The van der Waals surface area contributed by atoms with E-state index < -0.39 is 12.2 Å². The van der Waals surface area contributed by atoms with Gasteiger partial charge in [0.15, 0.2) is 6.29 Å². The Kier molecular flexibility index (Phi) is 12.7. The van der Waals surface area contributed by atoms with Gasteiger partial charge in [-0.25, -0.2) is 5.48 Å². The van der Waals surface area contributed by atoms with Crippen LogP contribution in [0.3, 0.4) is 0 Å². The smallest absolute Gasteiger partial charge is 0.243 e. The first-order valence-electron chi connectivity index (χ1n) is 16.6. The van der Waals surface area contributed by atoms with Crippen molar-refractivity contribution in [3.8, 4) is 11.1 Å². The van der Waals surface area contributed by atoms with Crippen molar-refractivity contribution in [3.05, 3.63) is 95.1 Å². The summed E-state index contributed by atoms with van der Waals surface area (Å²) in [5, 5.41) is 21.1. The Bertz CT molecular complexity index is 1410. The third kappa shape index (κ3) is 9.95. The van der Waals surface area contributed by atoms with E-state index in [0.29, 0.717) is 13.0 Å². The van der Waals surface area contributed by atoms with Crippen LogP contribution in [-0.4, -0.2) is 52.8 Å². The zero-order valence-electron chi connectivity index (χ0n) is 26.5. The van der Waals surface area contributed by atoms with Crippen molar-refractivity contribution in [2.75, 3.05) is 19.6 Å². The maximum atomic E-state index is 12.3. The van der Waals surface area contributed by atoms with Crippen molar-refractivity contribution in [2.24, 2.45) is 0 Å². The average Bonchev–Trinajstić information content (AvgIpc) is 3.08. The van der Waals surface area contributed by atoms with E-state index in [-0.39, 0.29) is 37.6 Å². The summed E-state index contributed by atoms with van der Waals surface area (Å²) in [6.07, 6.45) is 7.19. The molecule has 0 saturated carbocycles. The number of benzene rings is 3. The molecule has 0 spiro atoms. The zero-order chi connectivity index (χ0) is 32.1. The molecule has 0 unspecified atom stereocenters. The van der Waals surface area contributed by atoms with Crippen molar-refractivity contribution < 1.29 is 29.4 Å². The van der Waals surface area contributed by atoms with E-state index in [0.717, 1.165) is 59.4 Å². The van der Waals surface area contributed by atoms with Gasteiger partial charge < -0.3 is 24.8 Å². The molecule has 5 rings (SSSR count). The van der Waals surface area contributed by atoms with Gasteiger partial charge in [0.25, 0.3) is 0 Å². The molecule has 0 bridgehead atoms. The molecule has 3 aromatic carbocycles. The van der Waals surface area contributed by atoms with Gasteiger partial charge in [0, 0.05) is 37.9 Å². The van der Waals surface area contributed by atoms with Gasteiger partial charge in [-0.15, -0.1) is 0 Å². The van der Waals surface area contributed by atoms with Crippen molar-refractivity contribution >= 4 is 11.8 Å². The highest BCUT2D eigenvalue weighted by atomic mass is 16.7. The minimum absolute atomic E-state index is 0.0149. The molecule has 2 amide bonds. The molecule has 0 aliphatic carbocycles. The molecule has 0 radical (unpaired) electrons. The number of nitrogens with one attached hydrogen (secondary N) is 2. The van der Waals surface area contributed by atoms with Gasteiger partial charge in [-0.2, -0.15) is 0 Å². The minimum atomic E-state index is -0.522. The predicted octanol–water partition coefficient (Wildman–Crippen LogP) is 5.95. The van der Waals surface area contributed by atoms with Crippen molar-refractivity contribution in [1.29, 1.82) is 0 Å². The summed E-state index contributed by atoms with van der Waals surface area (Å²) < 4.78 is 13.3. The van der Waals surface area contributed by atoms with Crippen LogP contribution in [0.15, 0.2) is 72.8 Å². The van der Waals surface area contributed by atoms with Gasteiger partial charge in [0.05, 0.1) is 18.8 Å². The number of hydrogen-bond donors (Lipinski definition) is 4. The van der Waals surface area contributed by atoms with E-state index in [4.69, 9.17) is 14.7 Å². The van der Waals surface area contributed by atoms with Crippen LogP contribution in [0, 0.1) is 0 Å². The van der Waals surface area contributed by atoms with Crippen LogP contribution >= 0.6 is 0 Å². The topological polar surface area (TPSA) is 120 Å². The Morgan fingerprint density at radius 3 is 2.22 bits per heavy atom. The number of likely N-dealkylation sites (tertiary alicyclic amines) is 1. The monoisotopic (exact) mass is 629 g/mol.